The predicted octanol–water partition coefficient (Wildman–Crippen LogP) is 9.07. The lowest BCUT2D eigenvalue weighted by Crippen LogP contribution is -2.25. The van der Waals surface area contributed by atoms with Crippen LogP contribution in [0.15, 0.2) is 138 Å². The van der Waals surface area contributed by atoms with Crippen LogP contribution in [-0.4, -0.2) is 9.38 Å². The molecule has 8 aromatic rings. The van der Waals surface area contributed by atoms with Gasteiger partial charge < -0.3 is 0 Å². The first-order valence-electron chi connectivity index (χ1n) is 14.5. The van der Waals surface area contributed by atoms with E-state index in [0.29, 0.717) is 5.39 Å². The maximum absolute atomic E-state index is 13.9. The molecule has 0 unspecified atom stereocenters. The number of imidazole rings is 1. The van der Waals surface area contributed by atoms with Crippen molar-refractivity contribution in [2.75, 3.05) is 0 Å². The fourth-order valence-corrected chi connectivity index (χ4v) is 8.73. The Hall–Kier alpha value is -5.32. The molecule has 0 N–H and O–H groups in total. The van der Waals surface area contributed by atoms with Gasteiger partial charge in [-0.3, -0.25) is 4.79 Å². The molecule has 0 saturated heterocycles. The lowest BCUT2D eigenvalue weighted by Gasteiger charge is -2.30. The van der Waals surface area contributed by atoms with E-state index in [1.54, 1.807) is 15.7 Å². The maximum atomic E-state index is 13.9. The molecule has 0 saturated carbocycles. The fourth-order valence-electron chi connectivity index (χ4n) is 7.73. The van der Waals surface area contributed by atoms with E-state index in [-0.39, 0.29) is 11.0 Å². The highest BCUT2D eigenvalue weighted by Gasteiger charge is 2.51. The van der Waals surface area contributed by atoms with Gasteiger partial charge in [-0.2, -0.15) is 0 Å². The van der Waals surface area contributed by atoms with Crippen LogP contribution in [0.3, 0.4) is 0 Å². The zero-order chi connectivity index (χ0) is 28.3. The standard InChI is InChI=1S/C39H22N2OS/c42-37-29-21-23(18-20-36(29)43-38-40-34-15-7-8-16-35(34)41(37)38)24-17-19-28-27-11-3-6-14-32(27)39(33(28)22-24)30-12-4-1-9-25(30)26-10-2-5-13-31(26)39/h1-22H. The van der Waals surface area contributed by atoms with Crippen LogP contribution < -0.4 is 5.56 Å². The molecule has 0 atom stereocenters. The molecule has 0 radical (unpaired) electrons. The zero-order valence-electron chi connectivity index (χ0n) is 22.9. The summed E-state index contributed by atoms with van der Waals surface area (Å²) in [6.45, 7) is 0. The summed E-state index contributed by atoms with van der Waals surface area (Å²) in [6.07, 6.45) is 0. The van der Waals surface area contributed by atoms with Gasteiger partial charge in [-0.1, -0.05) is 114 Å². The van der Waals surface area contributed by atoms with Crippen molar-refractivity contribution in [3.05, 3.63) is 166 Å². The number of benzene rings is 6. The van der Waals surface area contributed by atoms with Gasteiger partial charge in [0.2, 0.25) is 0 Å². The SMILES string of the molecule is O=c1c2cc(-c3ccc4c(c3)C3(c5ccccc5-c5ccccc53)c3ccccc3-4)ccc2sc2nc3ccccc3n12. The summed E-state index contributed by atoms with van der Waals surface area (Å²) >= 11 is 1.56. The number of nitrogens with zero attached hydrogens (tertiary/aromatic N) is 2. The van der Waals surface area contributed by atoms with E-state index in [1.165, 1.54) is 44.5 Å². The molecule has 2 aromatic heterocycles. The molecular formula is C39H22N2OS. The summed E-state index contributed by atoms with van der Waals surface area (Å²) in [7, 11) is 0. The van der Waals surface area contributed by atoms with Crippen LogP contribution in [-0.2, 0) is 5.41 Å². The van der Waals surface area contributed by atoms with Crippen LogP contribution in [0.25, 0.3) is 59.5 Å². The zero-order valence-corrected chi connectivity index (χ0v) is 23.7. The second kappa shape index (κ2) is 8.15. The Kier molecular flexibility index (Phi) is 4.41. The average Bonchev–Trinajstić information content (AvgIpc) is 3.68. The van der Waals surface area contributed by atoms with Crippen LogP contribution in [0.4, 0.5) is 0 Å². The van der Waals surface area contributed by atoms with Crippen molar-refractivity contribution in [1.29, 1.82) is 0 Å². The van der Waals surface area contributed by atoms with E-state index in [1.807, 2.05) is 24.3 Å². The number of rotatable bonds is 1. The summed E-state index contributed by atoms with van der Waals surface area (Å²) in [5.74, 6) is 0. The summed E-state index contributed by atoms with van der Waals surface area (Å²) < 4.78 is 2.70. The van der Waals surface area contributed by atoms with Gasteiger partial charge in [0.15, 0.2) is 4.96 Å². The van der Waals surface area contributed by atoms with Gasteiger partial charge in [0.1, 0.15) is 0 Å². The molecule has 2 aliphatic carbocycles. The fraction of sp³-hybridized carbons (Fsp3) is 0.0256. The smallest absolute Gasteiger partial charge is 0.266 e. The van der Waals surface area contributed by atoms with Crippen LogP contribution in [0.1, 0.15) is 22.3 Å². The largest absolute Gasteiger partial charge is 0.268 e. The Morgan fingerprint density at radius 3 is 1.81 bits per heavy atom. The third kappa shape index (κ3) is 2.84. The van der Waals surface area contributed by atoms with Crippen LogP contribution >= 0.6 is 11.3 Å². The Morgan fingerprint density at radius 2 is 1.12 bits per heavy atom. The molecule has 0 amide bonds. The first-order chi connectivity index (χ1) is 21.2. The molecule has 0 fully saturated rings. The number of para-hydroxylation sites is 2. The molecule has 0 bridgehead atoms. The highest BCUT2D eigenvalue weighted by atomic mass is 32.1. The van der Waals surface area contributed by atoms with Crippen molar-refractivity contribution in [1.82, 2.24) is 9.38 Å². The molecule has 4 heteroatoms. The van der Waals surface area contributed by atoms with E-state index >= 15 is 0 Å². The minimum atomic E-state index is -0.389. The molecule has 1 spiro atoms. The van der Waals surface area contributed by atoms with Crippen molar-refractivity contribution in [3.63, 3.8) is 0 Å². The number of aromatic nitrogens is 2. The molecule has 6 aromatic carbocycles. The Balaban J connectivity index is 1.25. The van der Waals surface area contributed by atoms with Crippen LogP contribution in [0, 0.1) is 0 Å². The summed E-state index contributed by atoms with van der Waals surface area (Å²) in [5.41, 5.74) is 13.8. The van der Waals surface area contributed by atoms with Crippen molar-refractivity contribution >= 4 is 37.4 Å². The van der Waals surface area contributed by atoms with Crippen LogP contribution in [0.2, 0.25) is 0 Å². The number of fused-ring (bicyclic) bond motifs is 14. The van der Waals surface area contributed by atoms with Crippen LogP contribution in [0.5, 0.6) is 0 Å². The summed E-state index contributed by atoms with van der Waals surface area (Å²) in [5, 5.41) is 0.716. The Morgan fingerprint density at radius 1 is 0.558 bits per heavy atom. The van der Waals surface area contributed by atoms with Gasteiger partial charge >= 0.3 is 0 Å². The van der Waals surface area contributed by atoms with E-state index in [0.717, 1.165) is 31.8 Å². The second-order valence-corrected chi connectivity index (χ2v) is 12.5. The van der Waals surface area contributed by atoms with Gasteiger partial charge in [0, 0.05) is 4.70 Å². The molecular weight excluding hydrogens is 545 g/mol. The minimum absolute atomic E-state index is 0.0250. The van der Waals surface area contributed by atoms with Gasteiger partial charge in [-0.25, -0.2) is 9.38 Å². The Bertz CT molecular complexity index is 2490. The minimum Gasteiger partial charge on any atom is -0.268 e. The molecule has 2 aliphatic rings. The normalized spacial score (nSPS) is 13.9. The lowest BCUT2D eigenvalue weighted by molar-refractivity contribution is 0.794. The molecule has 3 nitrogen and oxygen atoms in total. The third-order valence-corrected chi connectivity index (χ3v) is 10.5. The molecule has 2 heterocycles. The van der Waals surface area contributed by atoms with Crippen molar-refractivity contribution < 1.29 is 0 Å². The van der Waals surface area contributed by atoms with Crippen molar-refractivity contribution in [3.8, 4) is 33.4 Å². The summed E-state index contributed by atoms with van der Waals surface area (Å²) in [6, 6.07) is 47.6. The monoisotopic (exact) mass is 566 g/mol. The lowest BCUT2D eigenvalue weighted by atomic mass is 9.70. The van der Waals surface area contributed by atoms with Gasteiger partial charge in [-0.05, 0) is 86.0 Å². The first kappa shape index (κ1) is 23.3. The quantitative estimate of drug-likeness (QED) is 0.199. The second-order valence-electron chi connectivity index (χ2n) is 11.5. The maximum Gasteiger partial charge on any atom is 0.266 e. The average molecular weight is 567 g/mol. The molecule has 0 aliphatic heterocycles. The van der Waals surface area contributed by atoms with Gasteiger partial charge in [0.25, 0.3) is 5.56 Å². The number of hydrogen-bond donors (Lipinski definition) is 0. The highest BCUT2D eigenvalue weighted by molar-refractivity contribution is 7.23. The Labute approximate surface area is 251 Å². The highest BCUT2D eigenvalue weighted by Crippen LogP contribution is 2.62. The first-order valence-corrected chi connectivity index (χ1v) is 15.3. The summed E-state index contributed by atoms with van der Waals surface area (Å²) in [4.78, 5) is 19.3. The molecule has 10 rings (SSSR count). The number of hydrogen-bond acceptors (Lipinski definition) is 3. The van der Waals surface area contributed by atoms with Gasteiger partial charge in [0.05, 0.1) is 21.8 Å². The molecule has 43 heavy (non-hydrogen) atoms. The van der Waals surface area contributed by atoms with E-state index in [9.17, 15) is 4.79 Å². The molecule has 200 valence electrons. The third-order valence-electron chi connectivity index (χ3n) is 9.47. The van der Waals surface area contributed by atoms with Crippen molar-refractivity contribution in [2.24, 2.45) is 0 Å². The van der Waals surface area contributed by atoms with Gasteiger partial charge in [-0.15, -0.1) is 0 Å². The predicted molar refractivity (Wildman–Crippen MR) is 176 cm³/mol. The van der Waals surface area contributed by atoms with E-state index < -0.39 is 0 Å². The van der Waals surface area contributed by atoms with E-state index in [2.05, 4.69) is 109 Å². The topological polar surface area (TPSA) is 34.4 Å². The van der Waals surface area contributed by atoms with Crippen molar-refractivity contribution in [2.45, 2.75) is 5.41 Å². The van der Waals surface area contributed by atoms with E-state index in [4.69, 9.17) is 4.98 Å².